The Labute approximate surface area is 122 Å². The van der Waals surface area contributed by atoms with E-state index in [-0.39, 0.29) is 0 Å². The summed E-state index contributed by atoms with van der Waals surface area (Å²) in [6, 6.07) is 0. The van der Waals surface area contributed by atoms with E-state index < -0.39 is 0 Å². The Kier molecular flexibility index (Phi) is 6.91. The zero-order chi connectivity index (χ0) is 14.6. The Morgan fingerprint density at radius 1 is 0.789 bits per heavy atom. The summed E-state index contributed by atoms with van der Waals surface area (Å²) in [4.78, 5) is 0. The van der Waals surface area contributed by atoms with Crippen LogP contribution in [0.3, 0.4) is 0 Å². The molecule has 0 saturated heterocycles. The van der Waals surface area contributed by atoms with Gasteiger partial charge in [-0.05, 0) is 47.8 Å². The second-order valence-electron chi connectivity index (χ2n) is 7.51. The highest BCUT2D eigenvalue weighted by Gasteiger charge is 2.45. The number of rotatable bonds is 8. The zero-order valence-corrected chi connectivity index (χ0v) is 14.6. The van der Waals surface area contributed by atoms with Crippen molar-refractivity contribution in [2.24, 2.45) is 41.4 Å². The van der Waals surface area contributed by atoms with Crippen molar-refractivity contribution in [3.8, 4) is 0 Å². The lowest BCUT2D eigenvalue weighted by molar-refractivity contribution is -0.0319. The summed E-state index contributed by atoms with van der Waals surface area (Å²) in [5.74, 6) is 6.74. The standard InChI is InChI=1S/C19H38/c1-8-11-17-15(6)16(7)19(17)12-18(13(4)9-2)14(5)10-3/h13-19H,8-12H2,1-7H3. The molecule has 0 heteroatoms. The zero-order valence-electron chi connectivity index (χ0n) is 14.6. The Balaban J connectivity index is 2.67. The lowest BCUT2D eigenvalue weighted by Gasteiger charge is -2.52. The maximum atomic E-state index is 2.51. The molecule has 1 aliphatic rings. The fourth-order valence-corrected chi connectivity index (χ4v) is 4.56. The van der Waals surface area contributed by atoms with Crippen molar-refractivity contribution in [1.29, 1.82) is 0 Å². The SMILES string of the molecule is CCCC1C(C)C(C)C1CC(C(C)CC)C(C)CC. The molecule has 1 aliphatic carbocycles. The van der Waals surface area contributed by atoms with Gasteiger partial charge in [0.15, 0.2) is 0 Å². The third-order valence-electron chi connectivity index (χ3n) is 6.65. The molecule has 0 spiro atoms. The topological polar surface area (TPSA) is 0 Å². The number of hydrogen-bond acceptors (Lipinski definition) is 0. The molecule has 1 rings (SSSR count). The van der Waals surface area contributed by atoms with Crippen LogP contribution in [0, 0.1) is 41.4 Å². The van der Waals surface area contributed by atoms with Crippen molar-refractivity contribution < 1.29 is 0 Å². The molecule has 0 radical (unpaired) electrons. The minimum atomic E-state index is 0.903. The van der Waals surface area contributed by atoms with Crippen molar-refractivity contribution in [2.45, 2.75) is 80.6 Å². The van der Waals surface area contributed by atoms with Gasteiger partial charge in [0, 0.05) is 0 Å². The molecule has 19 heavy (non-hydrogen) atoms. The van der Waals surface area contributed by atoms with Gasteiger partial charge in [0.25, 0.3) is 0 Å². The van der Waals surface area contributed by atoms with Gasteiger partial charge < -0.3 is 0 Å². The second-order valence-corrected chi connectivity index (χ2v) is 7.51. The van der Waals surface area contributed by atoms with Gasteiger partial charge in [-0.25, -0.2) is 0 Å². The predicted molar refractivity (Wildman–Crippen MR) is 87.2 cm³/mol. The van der Waals surface area contributed by atoms with Crippen molar-refractivity contribution >= 4 is 0 Å². The first-order valence-corrected chi connectivity index (χ1v) is 8.97. The highest BCUT2D eigenvalue weighted by molar-refractivity contribution is 4.94. The van der Waals surface area contributed by atoms with Crippen molar-refractivity contribution in [1.82, 2.24) is 0 Å². The van der Waals surface area contributed by atoms with Gasteiger partial charge in [-0.2, -0.15) is 0 Å². The maximum Gasteiger partial charge on any atom is -0.0352 e. The molecule has 0 aliphatic heterocycles. The van der Waals surface area contributed by atoms with E-state index in [4.69, 9.17) is 0 Å². The van der Waals surface area contributed by atoms with Gasteiger partial charge in [-0.15, -0.1) is 0 Å². The maximum absolute atomic E-state index is 2.51. The van der Waals surface area contributed by atoms with Crippen LogP contribution < -0.4 is 0 Å². The first kappa shape index (κ1) is 17.1. The van der Waals surface area contributed by atoms with Gasteiger partial charge >= 0.3 is 0 Å². The quantitative estimate of drug-likeness (QED) is 0.476. The lowest BCUT2D eigenvalue weighted by Crippen LogP contribution is -2.45. The van der Waals surface area contributed by atoms with Crippen LogP contribution in [-0.4, -0.2) is 0 Å². The molecule has 0 N–H and O–H groups in total. The number of hydrogen-bond donors (Lipinski definition) is 0. The third kappa shape index (κ3) is 3.76. The van der Waals surface area contributed by atoms with Crippen molar-refractivity contribution in [3.05, 3.63) is 0 Å². The summed E-state index contributed by atoms with van der Waals surface area (Å²) in [7, 11) is 0. The van der Waals surface area contributed by atoms with E-state index in [1.807, 2.05) is 0 Å². The molecule has 1 saturated carbocycles. The predicted octanol–water partition coefficient (Wildman–Crippen LogP) is 6.40. The molecule has 1 fully saturated rings. The van der Waals surface area contributed by atoms with Crippen molar-refractivity contribution in [2.75, 3.05) is 0 Å². The molecule has 0 nitrogen and oxygen atoms in total. The molecular formula is C19H38. The van der Waals surface area contributed by atoms with Gasteiger partial charge in [0.05, 0.1) is 0 Å². The Hall–Kier alpha value is 0. The summed E-state index contributed by atoms with van der Waals surface area (Å²) in [6.07, 6.45) is 7.04. The molecule has 0 heterocycles. The largest absolute Gasteiger partial charge is 0.0654 e. The van der Waals surface area contributed by atoms with Crippen LogP contribution in [-0.2, 0) is 0 Å². The van der Waals surface area contributed by atoms with Gasteiger partial charge in [0.1, 0.15) is 0 Å². The van der Waals surface area contributed by atoms with Gasteiger partial charge in [0.2, 0.25) is 0 Å². The molecule has 0 bridgehead atoms. The van der Waals surface area contributed by atoms with E-state index in [1.165, 1.54) is 32.1 Å². The fraction of sp³-hybridized carbons (Fsp3) is 1.00. The second kappa shape index (κ2) is 7.70. The summed E-state index contributed by atoms with van der Waals surface area (Å²) in [6.45, 7) is 17.1. The van der Waals surface area contributed by atoms with Crippen LogP contribution in [0.15, 0.2) is 0 Å². The molecule has 0 aromatic rings. The average molecular weight is 267 g/mol. The third-order valence-corrected chi connectivity index (χ3v) is 6.65. The van der Waals surface area contributed by atoms with Gasteiger partial charge in [-0.1, -0.05) is 74.1 Å². The van der Waals surface area contributed by atoms with E-state index >= 15 is 0 Å². The first-order valence-electron chi connectivity index (χ1n) is 8.97. The Morgan fingerprint density at radius 3 is 1.68 bits per heavy atom. The molecule has 0 amide bonds. The van der Waals surface area contributed by atoms with E-state index in [1.54, 1.807) is 0 Å². The summed E-state index contributed by atoms with van der Waals surface area (Å²) in [5.41, 5.74) is 0. The normalized spacial score (nSPS) is 35.5. The summed E-state index contributed by atoms with van der Waals surface area (Å²) < 4.78 is 0. The molecule has 0 aromatic carbocycles. The monoisotopic (exact) mass is 266 g/mol. The average Bonchev–Trinajstić information content (AvgIpc) is 2.44. The van der Waals surface area contributed by atoms with Crippen LogP contribution in [0.5, 0.6) is 0 Å². The molecule has 114 valence electrons. The fourth-order valence-electron chi connectivity index (χ4n) is 4.56. The minimum Gasteiger partial charge on any atom is -0.0654 e. The molecule has 0 aromatic heterocycles. The van der Waals surface area contributed by atoms with Crippen LogP contribution in [0.25, 0.3) is 0 Å². The van der Waals surface area contributed by atoms with Crippen molar-refractivity contribution in [3.63, 3.8) is 0 Å². The van der Waals surface area contributed by atoms with Gasteiger partial charge in [-0.3, -0.25) is 0 Å². The Morgan fingerprint density at radius 2 is 1.26 bits per heavy atom. The van der Waals surface area contributed by atoms with E-state index in [2.05, 4.69) is 48.5 Å². The highest BCUT2D eigenvalue weighted by Crippen LogP contribution is 2.52. The van der Waals surface area contributed by atoms with Crippen LogP contribution in [0.2, 0.25) is 0 Å². The van der Waals surface area contributed by atoms with E-state index in [0.717, 1.165) is 41.4 Å². The van der Waals surface area contributed by atoms with Crippen LogP contribution in [0.4, 0.5) is 0 Å². The lowest BCUT2D eigenvalue weighted by atomic mass is 9.53. The first-order chi connectivity index (χ1) is 8.97. The highest BCUT2D eigenvalue weighted by atomic mass is 14.5. The minimum absolute atomic E-state index is 0.903. The smallest absolute Gasteiger partial charge is 0.0352 e. The molecular weight excluding hydrogens is 228 g/mol. The molecule has 6 unspecified atom stereocenters. The van der Waals surface area contributed by atoms with Crippen LogP contribution in [0.1, 0.15) is 80.6 Å². The Bertz CT molecular complexity index is 234. The van der Waals surface area contributed by atoms with E-state index in [0.29, 0.717) is 0 Å². The summed E-state index contributed by atoms with van der Waals surface area (Å²) in [5, 5.41) is 0. The van der Waals surface area contributed by atoms with Crippen LogP contribution >= 0.6 is 0 Å². The van der Waals surface area contributed by atoms with E-state index in [9.17, 15) is 0 Å². The summed E-state index contributed by atoms with van der Waals surface area (Å²) >= 11 is 0. The molecule has 6 atom stereocenters.